The van der Waals surface area contributed by atoms with Crippen LogP contribution in [0.15, 0.2) is 12.2 Å². The Kier molecular flexibility index (Phi) is 3.02. The molecule has 0 aromatic carbocycles. The Labute approximate surface area is 134 Å². The number of carbonyl (C=O) groups is 3. The number of alkyl halides is 3. The molecular formula is C15H15F3O6. The molecule has 2 bridgehead atoms. The molecule has 1 N–H and O–H groups in total. The molecule has 0 radical (unpaired) electrons. The Morgan fingerprint density at radius 1 is 1.42 bits per heavy atom. The maximum Gasteiger partial charge on any atom is 0.405 e. The fraction of sp³-hybridized carbons (Fsp3) is 0.667. The third-order valence-electron chi connectivity index (χ3n) is 5.79. The lowest BCUT2D eigenvalue weighted by molar-refractivity contribution is -0.243. The van der Waals surface area contributed by atoms with E-state index in [1.165, 1.54) is 13.8 Å². The summed E-state index contributed by atoms with van der Waals surface area (Å²) in [5, 5.41) is 9.64. The Morgan fingerprint density at radius 2 is 2.00 bits per heavy atom. The van der Waals surface area contributed by atoms with Crippen molar-refractivity contribution in [2.24, 2.45) is 17.3 Å². The summed E-state index contributed by atoms with van der Waals surface area (Å²) < 4.78 is 50.9. The van der Waals surface area contributed by atoms with Crippen LogP contribution in [0.2, 0.25) is 0 Å². The van der Waals surface area contributed by atoms with Gasteiger partial charge in [-0.1, -0.05) is 6.58 Å². The zero-order valence-electron chi connectivity index (χ0n) is 12.9. The Hall–Kier alpha value is -2.06. The van der Waals surface area contributed by atoms with Crippen LogP contribution in [-0.4, -0.2) is 40.4 Å². The standard InChI is InChI=1S/C15H15F3O6/c1-6(2)9(19)23-12(3)7-4-8-13(5-7,15(16,17)18)11(22)24-14(8,12)10(20)21/h7-8H,1,4-5H2,2-3H3,(H,20,21). The van der Waals surface area contributed by atoms with Gasteiger partial charge in [0.25, 0.3) is 5.60 Å². The lowest BCUT2D eigenvalue weighted by Gasteiger charge is -2.45. The number of carbonyl (C=O) groups excluding carboxylic acids is 2. The fourth-order valence-electron chi connectivity index (χ4n) is 4.59. The van der Waals surface area contributed by atoms with Crippen molar-refractivity contribution < 1.29 is 42.1 Å². The molecule has 6 nitrogen and oxygen atoms in total. The molecular weight excluding hydrogens is 333 g/mol. The predicted octanol–water partition coefficient (Wildman–Crippen LogP) is 1.83. The molecule has 132 valence electrons. The quantitative estimate of drug-likeness (QED) is 0.618. The van der Waals surface area contributed by atoms with Crippen molar-refractivity contribution in [1.29, 1.82) is 0 Å². The first-order valence-electron chi connectivity index (χ1n) is 7.27. The number of aliphatic carboxylic acids is 1. The first kappa shape index (κ1) is 16.8. The minimum Gasteiger partial charge on any atom is -0.478 e. The van der Waals surface area contributed by atoms with E-state index >= 15 is 0 Å². The van der Waals surface area contributed by atoms with Crippen molar-refractivity contribution >= 4 is 17.9 Å². The van der Waals surface area contributed by atoms with E-state index in [1.807, 2.05) is 0 Å². The first-order valence-corrected chi connectivity index (χ1v) is 7.27. The van der Waals surface area contributed by atoms with Gasteiger partial charge in [-0.2, -0.15) is 13.2 Å². The van der Waals surface area contributed by atoms with Gasteiger partial charge in [0, 0.05) is 17.4 Å². The fourth-order valence-corrected chi connectivity index (χ4v) is 4.59. The predicted molar refractivity (Wildman–Crippen MR) is 70.5 cm³/mol. The molecule has 2 aliphatic carbocycles. The zero-order chi connectivity index (χ0) is 18.3. The highest BCUT2D eigenvalue weighted by Gasteiger charge is 2.91. The SMILES string of the molecule is C=C(C)C(=O)OC1(C)C2CC3C(C(F)(F)F)(C2)C(=O)OC31C(=O)O. The molecule has 5 unspecified atom stereocenters. The number of rotatable bonds is 3. The molecule has 0 aromatic heterocycles. The topological polar surface area (TPSA) is 89.9 Å². The van der Waals surface area contributed by atoms with Crippen molar-refractivity contribution in [2.45, 2.75) is 44.1 Å². The van der Waals surface area contributed by atoms with Gasteiger partial charge < -0.3 is 14.6 Å². The maximum absolute atomic E-state index is 13.6. The van der Waals surface area contributed by atoms with E-state index in [2.05, 4.69) is 6.58 Å². The third kappa shape index (κ3) is 1.51. The van der Waals surface area contributed by atoms with Gasteiger partial charge in [0.05, 0.1) is 0 Å². The number of fused-ring (bicyclic) bond motifs is 1. The molecule has 3 fully saturated rings. The van der Waals surface area contributed by atoms with Crippen LogP contribution in [0.5, 0.6) is 0 Å². The number of esters is 2. The number of halogens is 3. The molecule has 1 saturated heterocycles. The van der Waals surface area contributed by atoms with Crippen molar-refractivity contribution in [1.82, 2.24) is 0 Å². The smallest absolute Gasteiger partial charge is 0.405 e. The average molecular weight is 348 g/mol. The van der Waals surface area contributed by atoms with Crippen LogP contribution in [0, 0.1) is 17.3 Å². The van der Waals surface area contributed by atoms with Gasteiger partial charge in [-0.25, -0.2) is 9.59 Å². The van der Waals surface area contributed by atoms with Gasteiger partial charge in [-0.05, 0) is 26.7 Å². The van der Waals surface area contributed by atoms with Gasteiger partial charge in [0.2, 0.25) is 0 Å². The van der Waals surface area contributed by atoms with Crippen LogP contribution in [0.1, 0.15) is 26.7 Å². The number of hydrogen-bond donors (Lipinski definition) is 1. The van der Waals surface area contributed by atoms with Crippen LogP contribution in [0.25, 0.3) is 0 Å². The monoisotopic (exact) mass is 348 g/mol. The van der Waals surface area contributed by atoms with E-state index in [1.54, 1.807) is 0 Å². The van der Waals surface area contributed by atoms with E-state index in [9.17, 15) is 32.7 Å². The minimum absolute atomic E-state index is 0.0362. The summed E-state index contributed by atoms with van der Waals surface area (Å²) in [5.41, 5.74) is -7.33. The molecule has 1 aliphatic heterocycles. The molecule has 3 aliphatic rings. The second-order valence-corrected chi connectivity index (χ2v) is 6.87. The van der Waals surface area contributed by atoms with Crippen LogP contribution in [0.4, 0.5) is 13.2 Å². The van der Waals surface area contributed by atoms with Gasteiger partial charge in [-0.3, -0.25) is 4.79 Å². The second-order valence-electron chi connectivity index (χ2n) is 6.87. The molecule has 3 rings (SSSR count). The van der Waals surface area contributed by atoms with Crippen molar-refractivity contribution in [3.63, 3.8) is 0 Å². The molecule has 1 heterocycles. The van der Waals surface area contributed by atoms with Crippen molar-refractivity contribution in [3.8, 4) is 0 Å². The van der Waals surface area contributed by atoms with Gasteiger partial charge in [-0.15, -0.1) is 0 Å². The largest absolute Gasteiger partial charge is 0.478 e. The van der Waals surface area contributed by atoms with Crippen LogP contribution in [0.3, 0.4) is 0 Å². The summed E-state index contributed by atoms with van der Waals surface area (Å²) in [6, 6.07) is 0. The van der Waals surface area contributed by atoms with E-state index in [-0.39, 0.29) is 12.0 Å². The van der Waals surface area contributed by atoms with Crippen molar-refractivity contribution in [2.75, 3.05) is 0 Å². The molecule has 0 spiro atoms. The van der Waals surface area contributed by atoms with Gasteiger partial charge >= 0.3 is 24.1 Å². The lowest BCUT2D eigenvalue weighted by atomic mass is 9.62. The molecule has 24 heavy (non-hydrogen) atoms. The number of ether oxygens (including phenoxy) is 2. The lowest BCUT2D eigenvalue weighted by Crippen LogP contribution is -2.65. The average Bonchev–Trinajstić information content (AvgIpc) is 2.99. The Bertz CT molecular complexity index is 685. The highest BCUT2D eigenvalue weighted by molar-refractivity contribution is 5.95. The van der Waals surface area contributed by atoms with E-state index in [4.69, 9.17) is 9.47 Å². The maximum atomic E-state index is 13.6. The molecule has 5 atom stereocenters. The van der Waals surface area contributed by atoms with Gasteiger partial charge in [0.1, 0.15) is 0 Å². The normalized spacial score (nSPS) is 42.8. The number of hydrogen-bond acceptors (Lipinski definition) is 5. The van der Waals surface area contributed by atoms with E-state index < -0.39 is 59.0 Å². The van der Waals surface area contributed by atoms with E-state index in [0.29, 0.717) is 0 Å². The zero-order valence-corrected chi connectivity index (χ0v) is 12.9. The van der Waals surface area contributed by atoms with Crippen LogP contribution in [-0.2, 0) is 23.9 Å². The summed E-state index contributed by atoms with van der Waals surface area (Å²) in [6.07, 6.45) is -5.83. The highest BCUT2D eigenvalue weighted by atomic mass is 19.4. The second kappa shape index (κ2) is 4.31. The summed E-state index contributed by atoms with van der Waals surface area (Å²) >= 11 is 0. The molecule has 9 heteroatoms. The minimum atomic E-state index is -4.94. The molecule has 0 amide bonds. The third-order valence-corrected chi connectivity index (χ3v) is 5.79. The summed E-state index contributed by atoms with van der Waals surface area (Å²) in [4.78, 5) is 35.9. The summed E-state index contributed by atoms with van der Waals surface area (Å²) in [7, 11) is 0. The van der Waals surface area contributed by atoms with Crippen LogP contribution >= 0.6 is 0 Å². The van der Waals surface area contributed by atoms with Crippen molar-refractivity contribution in [3.05, 3.63) is 12.2 Å². The molecule has 0 aromatic rings. The number of carboxylic acid groups (broad SMARTS) is 1. The van der Waals surface area contributed by atoms with Crippen LogP contribution < -0.4 is 0 Å². The summed E-state index contributed by atoms with van der Waals surface area (Å²) in [5.74, 6) is -6.89. The van der Waals surface area contributed by atoms with Gasteiger partial charge in [0.15, 0.2) is 11.0 Å². The summed E-state index contributed by atoms with van der Waals surface area (Å²) in [6.45, 7) is 5.92. The Balaban J connectivity index is 2.16. The highest BCUT2D eigenvalue weighted by Crippen LogP contribution is 2.74. The van der Waals surface area contributed by atoms with E-state index in [0.717, 1.165) is 0 Å². The first-order chi connectivity index (χ1) is 10.8. The molecule has 2 saturated carbocycles. The number of carboxylic acids is 1. The Morgan fingerprint density at radius 3 is 2.46 bits per heavy atom.